The quantitative estimate of drug-likeness (QED) is 0.868. The van der Waals surface area contributed by atoms with E-state index in [4.69, 9.17) is 18.0 Å². The SMILES string of the molecule is Cc1ccccc1CN(C)c1cccnc1C(N)=S. The van der Waals surface area contributed by atoms with E-state index >= 15 is 0 Å². The summed E-state index contributed by atoms with van der Waals surface area (Å²) in [6.07, 6.45) is 1.71. The smallest absolute Gasteiger partial charge is 0.124 e. The van der Waals surface area contributed by atoms with E-state index in [9.17, 15) is 0 Å². The average Bonchev–Trinajstić information content (AvgIpc) is 2.41. The molecule has 0 saturated carbocycles. The van der Waals surface area contributed by atoms with Crippen LogP contribution in [0.5, 0.6) is 0 Å². The second kappa shape index (κ2) is 5.80. The molecule has 0 aliphatic carbocycles. The Morgan fingerprint density at radius 1 is 1.26 bits per heavy atom. The van der Waals surface area contributed by atoms with Gasteiger partial charge >= 0.3 is 0 Å². The number of nitrogens with two attached hydrogens (primary N) is 1. The molecule has 3 nitrogen and oxygen atoms in total. The maximum Gasteiger partial charge on any atom is 0.124 e. The molecular weight excluding hydrogens is 254 g/mol. The third-order valence-corrected chi connectivity index (χ3v) is 3.29. The Morgan fingerprint density at radius 3 is 2.68 bits per heavy atom. The second-order valence-corrected chi connectivity index (χ2v) is 4.96. The highest BCUT2D eigenvalue weighted by atomic mass is 32.1. The van der Waals surface area contributed by atoms with E-state index in [-0.39, 0.29) is 0 Å². The molecule has 2 N–H and O–H groups in total. The summed E-state index contributed by atoms with van der Waals surface area (Å²) in [4.78, 5) is 6.70. The molecule has 19 heavy (non-hydrogen) atoms. The van der Waals surface area contributed by atoms with Gasteiger partial charge in [-0.2, -0.15) is 0 Å². The van der Waals surface area contributed by atoms with E-state index in [1.54, 1.807) is 6.20 Å². The van der Waals surface area contributed by atoms with Crippen LogP contribution in [0, 0.1) is 6.92 Å². The lowest BCUT2D eigenvalue weighted by atomic mass is 10.1. The van der Waals surface area contributed by atoms with Gasteiger partial charge in [0.25, 0.3) is 0 Å². The molecule has 0 saturated heterocycles. The highest BCUT2D eigenvalue weighted by Crippen LogP contribution is 2.20. The van der Waals surface area contributed by atoms with Crippen LogP contribution in [-0.2, 0) is 6.54 Å². The number of anilines is 1. The van der Waals surface area contributed by atoms with Gasteiger partial charge in [-0.3, -0.25) is 4.98 Å². The van der Waals surface area contributed by atoms with Gasteiger partial charge in [0.1, 0.15) is 10.7 Å². The maximum atomic E-state index is 5.72. The first kappa shape index (κ1) is 13.5. The lowest BCUT2D eigenvalue weighted by Gasteiger charge is -2.22. The summed E-state index contributed by atoms with van der Waals surface area (Å²) in [5, 5.41) is 0. The number of rotatable bonds is 4. The lowest BCUT2D eigenvalue weighted by molar-refractivity contribution is 0.907. The number of pyridine rings is 1. The van der Waals surface area contributed by atoms with E-state index in [0.717, 1.165) is 12.2 Å². The zero-order valence-corrected chi connectivity index (χ0v) is 11.9. The van der Waals surface area contributed by atoms with Crippen LogP contribution >= 0.6 is 12.2 Å². The second-order valence-electron chi connectivity index (χ2n) is 4.52. The minimum atomic E-state index is 0.326. The Kier molecular flexibility index (Phi) is 4.12. The summed E-state index contributed by atoms with van der Waals surface area (Å²) in [5.41, 5.74) is 9.90. The zero-order valence-electron chi connectivity index (χ0n) is 11.1. The van der Waals surface area contributed by atoms with Crippen LogP contribution in [0.25, 0.3) is 0 Å². The van der Waals surface area contributed by atoms with Crippen LogP contribution < -0.4 is 10.6 Å². The van der Waals surface area contributed by atoms with Crippen LogP contribution in [0.15, 0.2) is 42.6 Å². The Morgan fingerprint density at radius 2 is 2.00 bits per heavy atom. The highest BCUT2D eigenvalue weighted by molar-refractivity contribution is 7.80. The standard InChI is InChI=1S/C15H17N3S/c1-11-6-3-4-7-12(11)10-18(2)13-8-5-9-17-14(13)15(16)19/h3-9H,10H2,1-2H3,(H2,16,19). The molecule has 1 heterocycles. The molecule has 0 aliphatic rings. The molecule has 0 aliphatic heterocycles. The molecule has 0 radical (unpaired) electrons. The van der Waals surface area contributed by atoms with E-state index in [1.165, 1.54) is 11.1 Å². The van der Waals surface area contributed by atoms with Crippen molar-refractivity contribution in [3.63, 3.8) is 0 Å². The number of aryl methyl sites for hydroxylation is 1. The molecule has 0 spiro atoms. The minimum Gasteiger partial charge on any atom is -0.388 e. The fourth-order valence-corrected chi connectivity index (χ4v) is 2.18. The van der Waals surface area contributed by atoms with Gasteiger partial charge in [-0.05, 0) is 30.2 Å². The third-order valence-electron chi connectivity index (χ3n) is 3.10. The number of thiocarbonyl (C=S) groups is 1. The fraction of sp³-hybridized carbons (Fsp3) is 0.200. The van der Waals surface area contributed by atoms with Crippen molar-refractivity contribution in [2.24, 2.45) is 5.73 Å². The molecule has 0 fully saturated rings. The molecule has 0 unspecified atom stereocenters. The Balaban J connectivity index is 2.28. The first-order valence-electron chi connectivity index (χ1n) is 6.10. The van der Waals surface area contributed by atoms with Gasteiger partial charge in [0.2, 0.25) is 0 Å². The van der Waals surface area contributed by atoms with Gasteiger partial charge in [-0.1, -0.05) is 36.5 Å². The zero-order chi connectivity index (χ0) is 13.8. The monoisotopic (exact) mass is 271 g/mol. The summed E-state index contributed by atoms with van der Waals surface area (Å²) in [6.45, 7) is 2.91. The van der Waals surface area contributed by atoms with Gasteiger partial charge < -0.3 is 10.6 Å². The predicted molar refractivity (Wildman–Crippen MR) is 83.4 cm³/mol. The topological polar surface area (TPSA) is 42.2 Å². The van der Waals surface area contributed by atoms with Crippen molar-refractivity contribution in [1.82, 2.24) is 4.98 Å². The summed E-state index contributed by atoms with van der Waals surface area (Å²) in [6, 6.07) is 12.2. The van der Waals surface area contributed by atoms with Crippen molar-refractivity contribution < 1.29 is 0 Å². The van der Waals surface area contributed by atoms with Gasteiger partial charge in [0.05, 0.1) is 5.69 Å². The molecule has 1 aromatic heterocycles. The van der Waals surface area contributed by atoms with Crippen molar-refractivity contribution in [3.8, 4) is 0 Å². The summed E-state index contributed by atoms with van der Waals surface area (Å²) < 4.78 is 0. The van der Waals surface area contributed by atoms with Gasteiger partial charge in [0.15, 0.2) is 0 Å². The number of benzene rings is 1. The van der Waals surface area contributed by atoms with E-state index in [1.807, 2.05) is 31.3 Å². The van der Waals surface area contributed by atoms with Crippen LogP contribution in [0.1, 0.15) is 16.8 Å². The van der Waals surface area contributed by atoms with Crippen molar-refractivity contribution in [1.29, 1.82) is 0 Å². The lowest BCUT2D eigenvalue weighted by Crippen LogP contribution is -2.22. The van der Waals surface area contributed by atoms with Crippen LogP contribution in [0.3, 0.4) is 0 Å². The third kappa shape index (κ3) is 3.09. The van der Waals surface area contributed by atoms with Gasteiger partial charge in [-0.15, -0.1) is 0 Å². The van der Waals surface area contributed by atoms with Crippen LogP contribution in [-0.4, -0.2) is 17.0 Å². The Labute approximate surface area is 119 Å². The largest absolute Gasteiger partial charge is 0.388 e. The minimum absolute atomic E-state index is 0.326. The van der Waals surface area contributed by atoms with Crippen molar-refractivity contribution in [2.75, 3.05) is 11.9 Å². The van der Waals surface area contributed by atoms with E-state index in [0.29, 0.717) is 10.7 Å². The number of hydrogen-bond donors (Lipinski definition) is 1. The van der Waals surface area contributed by atoms with E-state index < -0.39 is 0 Å². The Hall–Kier alpha value is -1.94. The molecule has 2 aromatic rings. The normalized spacial score (nSPS) is 10.2. The molecule has 2 rings (SSSR count). The number of nitrogens with zero attached hydrogens (tertiary/aromatic N) is 2. The molecule has 0 amide bonds. The van der Waals surface area contributed by atoms with Gasteiger partial charge in [-0.25, -0.2) is 0 Å². The summed E-state index contributed by atoms with van der Waals surface area (Å²) >= 11 is 5.05. The van der Waals surface area contributed by atoms with Crippen LogP contribution in [0.2, 0.25) is 0 Å². The molecular formula is C15H17N3S. The molecule has 0 atom stereocenters. The van der Waals surface area contributed by atoms with Crippen molar-refractivity contribution >= 4 is 22.9 Å². The molecule has 4 heteroatoms. The van der Waals surface area contributed by atoms with Crippen molar-refractivity contribution in [3.05, 3.63) is 59.4 Å². The van der Waals surface area contributed by atoms with Crippen molar-refractivity contribution in [2.45, 2.75) is 13.5 Å². The predicted octanol–water partition coefficient (Wildman–Crippen LogP) is 2.66. The first-order chi connectivity index (χ1) is 9.09. The fourth-order valence-electron chi connectivity index (χ4n) is 2.02. The summed E-state index contributed by atoms with van der Waals surface area (Å²) in [5.74, 6) is 0. The molecule has 1 aromatic carbocycles. The molecule has 0 bridgehead atoms. The number of hydrogen-bond acceptors (Lipinski definition) is 3. The average molecular weight is 271 g/mol. The summed E-state index contributed by atoms with van der Waals surface area (Å²) in [7, 11) is 2.02. The molecule has 98 valence electrons. The maximum absolute atomic E-state index is 5.72. The van der Waals surface area contributed by atoms with E-state index in [2.05, 4.69) is 28.9 Å². The number of aromatic nitrogens is 1. The Bertz CT molecular complexity index is 595. The van der Waals surface area contributed by atoms with Crippen LogP contribution in [0.4, 0.5) is 5.69 Å². The first-order valence-corrected chi connectivity index (χ1v) is 6.51. The van der Waals surface area contributed by atoms with Gasteiger partial charge in [0, 0.05) is 19.8 Å². The highest BCUT2D eigenvalue weighted by Gasteiger charge is 2.11.